The van der Waals surface area contributed by atoms with Crippen LogP contribution >= 0.6 is 0 Å². The first-order valence-corrected chi connectivity index (χ1v) is 24.4. The van der Waals surface area contributed by atoms with Crippen molar-refractivity contribution in [1.29, 1.82) is 5.26 Å². The molecule has 0 aliphatic rings. The van der Waals surface area contributed by atoms with Crippen molar-refractivity contribution in [2.75, 3.05) is 9.80 Å². The van der Waals surface area contributed by atoms with Crippen LogP contribution in [-0.4, -0.2) is 14.5 Å². The smallest absolute Gasteiger partial charge is 0.198 e. The van der Waals surface area contributed by atoms with Gasteiger partial charge < -0.3 is 14.4 Å². The highest BCUT2D eigenvalue weighted by atomic mass is 15.1. The van der Waals surface area contributed by atoms with Crippen LogP contribution in [0.1, 0.15) is 5.56 Å². The molecule has 0 spiro atoms. The number of fused-ring (bicyclic) bond motifs is 3. The third-order valence-corrected chi connectivity index (χ3v) is 13.5. The van der Waals surface area contributed by atoms with Crippen LogP contribution in [0.25, 0.3) is 82.2 Å². The van der Waals surface area contributed by atoms with Gasteiger partial charge in [0.05, 0.1) is 47.2 Å². The fraction of sp³-hybridized carbons (Fsp3) is 0. The maximum Gasteiger partial charge on any atom is 0.198 e. The van der Waals surface area contributed by atoms with Crippen LogP contribution < -0.4 is 9.80 Å². The zero-order chi connectivity index (χ0) is 50.7. The lowest BCUT2D eigenvalue weighted by molar-refractivity contribution is 1.17. The molecule has 12 rings (SSSR count). The zero-order valence-electron chi connectivity index (χ0n) is 40.3. The number of nitrogens with zero attached hydrogens (tertiary/aromatic N) is 8. The van der Waals surface area contributed by atoms with E-state index < -0.39 is 0 Å². The largest absolute Gasteiger partial charge is 0.310 e. The molecule has 10 aromatic carbocycles. The fourth-order valence-corrected chi connectivity index (χ4v) is 10.00. The molecule has 8 nitrogen and oxygen atoms in total. The molecule has 12 aromatic rings. The van der Waals surface area contributed by atoms with E-state index in [0.29, 0.717) is 45.3 Å². The molecular weight excluding hydrogens is 917 g/mol. The highest BCUT2D eigenvalue weighted by Crippen LogP contribution is 2.44. The summed E-state index contributed by atoms with van der Waals surface area (Å²) in [5.74, 6) is 0.396. The van der Waals surface area contributed by atoms with Crippen molar-refractivity contribution in [2.24, 2.45) is 0 Å². The molecule has 0 N–H and O–H groups in total. The summed E-state index contributed by atoms with van der Waals surface area (Å²) < 4.78 is 2.26. The summed E-state index contributed by atoms with van der Waals surface area (Å²) in [6.07, 6.45) is 0. The predicted molar refractivity (Wildman–Crippen MR) is 305 cm³/mol. The lowest BCUT2D eigenvalue weighted by Gasteiger charge is -2.26. The van der Waals surface area contributed by atoms with Crippen LogP contribution in [-0.2, 0) is 0 Å². The van der Waals surface area contributed by atoms with Crippen molar-refractivity contribution in [1.82, 2.24) is 14.5 Å². The van der Waals surface area contributed by atoms with Gasteiger partial charge in [-0.25, -0.2) is 19.7 Å². The summed E-state index contributed by atoms with van der Waals surface area (Å²) in [5.41, 5.74) is 15.5. The number of para-hydroxylation sites is 6. The Bertz CT molecular complexity index is 3910. The van der Waals surface area contributed by atoms with E-state index in [2.05, 4.69) is 170 Å². The van der Waals surface area contributed by atoms with Crippen LogP contribution in [0.2, 0.25) is 0 Å². The second-order valence-corrected chi connectivity index (χ2v) is 17.9. The van der Waals surface area contributed by atoms with Gasteiger partial charge in [-0.3, -0.25) is 0 Å². The number of hydrogen-bond acceptors (Lipinski definition) is 5. The van der Waals surface area contributed by atoms with Crippen molar-refractivity contribution < 1.29 is 0 Å². The van der Waals surface area contributed by atoms with Crippen molar-refractivity contribution >= 4 is 67.3 Å². The molecule has 0 aliphatic heterocycles. The van der Waals surface area contributed by atoms with Gasteiger partial charge in [-0.1, -0.05) is 152 Å². The normalized spacial score (nSPS) is 10.9. The minimum atomic E-state index is 0.396. The monoisotopic (exact) mass is 958 g/mol. The zero-order valence-corrected chi connectivity index (χ0v) is 40.3. The number of nitriles is 1. The van der Waals surface area contributed by atoms with Crippen LogP contribution in [0.4, 0.5) is 45.5 Å². The topological polar surface area (TPSA) is 69.7 Å². The highest BCUT2D eigenvalue weighted by molar-refractivity contribution is 6.12. The van der Waals surface area contributed by atoms with Crippen LogP contribution in [0, 0.1) is 24.5 Å². The summed E-state index contributed by atoms with van der Waals surface area (Å²) in [7, 11) is 0. The molecule has 0 radical (unpaired) electrons. The van der Waals surface area contributed by atoms with E-state index in [0.717, 1.165) is 78.3 Å². The van der Waals surface area contributed by atoms with E-state index in [1.165, 1.54) is 0 Å². The van der Waals surface area contributed by atoms with Crippen molar-refractivity contribution in [3.63, 3.8) is 0 Å². The number of rotatable bonds is 11. The Hall–Kier alpha value is -10.9. The standard InChI is InChI=1S/C67H42N8/c1-69-61-29-17-15-27-57(61)64-44-63(71-67(72-64)58-28-16-18-30-62(58)70-2)47-33-31-46(32-34-47)56-38-35-53(41-48(56)45-68)75-65-39-36-54(73(49-19-7-3-8-20-49)50-21-9-4-10-22-50)42-59(65)60-43-55(37-40-66(60)75)74(51-23-11-5-12-24-51)52-25-13-6-14-26-52/h3-44H. The molecule has 0 fully saturated rings. The first kappa shape index (κ1) is 45.3. The highest BCUT2D eigenvalue weighted by Gasteiger charge is 2.22. The van der Waals surface area contributed by atoms with Gasteiger partial charge in [0.1, 0.15) is 5.82 Å². The first-order chi connectivity index (χ1) is 37.1. The van der Waals surface area contributed by atoms with E-state index in [-0.39, 0.29) is 0 Å². The van der Waals surface area contributed by atoms with E-state index in [1.54, 1.807) is 12.1 Å². The minimum Gasteiger partial charge on any atom is -0.310 e. The van der Waals surface area contributed by atoms with E-state index in [1.807, 2.05) is 103 Å². The van der Waals surface area contributed by atoms with Gasteiger partial charge in [0.15, 0.2) is 11.4 Å². The van der Waals surface area contributed by atoms with Gasteiger partial charge in [-0.05, 0) is 114 Å². The number of aromatic nitrogens is 3. The number of hydrogen-bond donors (Lipinski definition) is 0. The lowest BCUT2D eigenvalue weighted by Crippen LogP contribution is -2.09. The number of benzene rings is 10. The molecule has 0 saturated carbocycles. The maximum absolute atomic E-state index is 10.9. The Morgan fingerprint density at radius 3 is 1.32 bits per heavy atom. The third-order valence-electron chi connectivity index (χ3n) is 13.5. The molecule has 2 heterocycles. The van der Waals surface area contributed by atoms with Crippen LogP contribution in [0.5, 0.6) is 0 Å². The molecule has 350 valence electrons. The Labute approximate surface area is 434 Å². The van der Waals surface area contributed by atoms with Gasteiger partial charge in [0, 0.05) is 67.3 Å². The molecule has 0 bridgehead atoms. The molecule has 75 heavy (non-hydrogen) atoms. The molecule has 0 unspecified atom stereocenters. The minimum absolute atomic E-state index is 0.396. The Balaban J connectivity index is 0.982. The Morgan fingerprint density at radius 2 is 0.827 bits per heavy atom. The predicted octanol–water partition coefficient (Wildman–Crippen LogP) is 18.2. The van der Waals surface area contributed by atoms with E-state index in [4.69, 9.17) is 23.1 Å². The Kier molecular flexibility index (Phi) is 11.9. The molecule has 0 saturated heterocycles. The van der Waals surface area contributed by atoms with Gasteiger partial charge >= 0.3 is 0 Å². The van der Waals surface area contributed by atoms with Gasteiger partial charge in [-0.2, -0.15) is 5.26 Å². The van der Waals surface area contributed by atoms with Crippen molar-refractivity contribution in [3.05, 3.63) is 283 Å². The summed E-state index contributed by atoms with van der Waals surface area (Å²) >= 11 is 0. The van der Waals surface area contributed by atoms with Crippen molar-refractivity contribution in [3.8, 4) is 56.8 Å². The van der Waals surface area contributed by atoms with E-state index in [9.17, 15) is 5.26 Å². The molecule has 0 amide bonds. The Morgan fingerprint density at radius 1 is 0.387 bits per heavy atom. The molecular formula is C67H42N8. The summed E-state index contributed by atoms with van der Waals surface area (Å²) in [5, 5.41) is 13.0. The first-order valence-electron chi connectivity index (χ1n) is 24.4. The summed E-state index contributed by atoms with van der Waals surface area (Å²) in [6.45, 7) is 15.7. The number of anilines is 6. The fourth-order valence-electron chi connectivity index (χ4n) is 10.00. The van der Waals surface area contributed by atoms with Gasteiger partial charge in [0.25, 0.3) is 0 Å². The lowest BCUT2D eigenvalue weighted by atomic mass is 9.97. The van der Waals surface area contributed by atoms with Crippen LogP contribution in [0.15, 0.2) is 255 Å². The molecule has 8 heteroatoms. The van der Waals surface area contributed by atoms with E-state index >= 15 is 0 Å². The van der Waals surface area contributed by atoms with Gasteiger partial charge in [-0.15, -0.1) is 0 Å². The molecule has 2 aromatic heterocycles. The van der Waals surface area contributed by atoms with Gasteiger partial charge in [0.2, 0.25) is 0 Å². The SMILES string of the molecule is [C-]#[N+]c1ccccc1-c1cc(-c2ccc(-c3ccc(-n4c5ccc(N(c6ccccc6)c6ccccc6)cc5c5cc(N(c6ccccc6)c6ccccc6)ccc54)cc3C#N)cc2)nc(-c2ccccc2[N+]#[C-])n1. The van der Waals surface area contributed by atoms with Crippen molar-refractivity contribution in [2.45, 2.75) is 0 Å². The molecule has 0 aliphatic carbocycles. The summed E-state index contributed by atoms with van der Waals surface area (Å²) in [6, 6.07) is 88.3. The quantitative estimate of drug-likeness (QED) is 0.121. The van der Waals surface area contributed by atoms with Crippen LogP contribution in [0.3, 0.4) is 0 Å². The summed E-state index contributed by atoms with van der Waals surface area (Å²) in [4.78, 5) is 22.0. The average Bonchev–Trinajstić information content (AvgIpc) is 3.81. The maximum atomic E-state index is 10.9. The second-order valence-electron chi connectivity index (χ2n) is 17.9. The third kappa shape index (κ3) is 8.55. The molecule has 0 atom stereocenters. The second kappa shape index (κ2) is 19.7. The average molecular weight is 959 g/mol.